The van der Waals surface area contributed by atoms with Crippen LogP contribution in [0, 0.1) is 64.6 Å². The summed E-state index contributed by atoms with van der Waals surface area (Å²) in [5.74, 6) is 10.5. The Bertz CT molecular complexity index is 1260. The van der Waals surface area contributed by atoms with Crippen LogP contribution >= 0.6 is 15.8 Å². The van der Waals surface area contributed by atoms with Crippen LogP contribution in [0.3, 0.4) is 0 Å². The van der Waals surface area contributed by atoms with E-state index in [1.54, 1.807) is 231 Å². The molecule has 0 amide bonds. The number of unbranched alkanes of at least 4 members (excludes halogenated alkanes) is 10. The van der Waals surface area contributed by atoms with Crippen molar-refractivity contribution >= 4 is 15.8 Å². The predicted octanol–water partition coefficient (Wildman–Crippen LogP) is 22.5. The number of hydrogen-bond acceptors (Lipinski definition) is 0. The summed E-state index contributed by atoms with van der Waals surface area (Å²) in [6, 6.07) is 0. The van der Waals surface area contributed by atoms with E-state index < -0.39 is 0 Å². The van der Waals surface area contributed by atoms with Gasteiger partial charge in [0, 0.05) is 0 Å². The number of hydrogen-bond donors (Lipinski definition) is 0. The van der Waals surface area contributed by atoms with Crippen LogP contribution in [0.5, 0.6) is 0 Å². The molecule has 9 aliphatic carbocycles. The largest absolute Gasteiger partial charge is 0.0971 e. The first-order valence-corrected chi connectivity index (χ1v) is 36.6. The molecule has 0 aliphatic heterocycles. The fraction of sp³-hybridized carbons (Fsp3) is 1.00. The van der Waals surface area contributed by atoms with Gasteiger partial charge in [0.05, 0.1) is 0 Å². The maximum absolute atomic E-state index is 2.87. The number of rotatable bonds is 22. The fourth-order valence-electron chi connectivity index (χ4n) is 21.1. The summed E-state index contributed by atoms with van der Waals surface area (Å²) in [5.41, 5.74) is 7.58. The third kappa shape index (κ3) is 13.5. The average molecular weight is 988 g/mol. The highest BCUT2D eigenvalue weighted by Gasteiger charge is 2.63. The normalized spacial score (nSPS) is 37.8. The molecule has 0 N–H and O–H groups in total. The molecular weight excluding hydrogens is 867 g/mol. The molecule has 0 spiro atoms. The van der Waals surface area contributed by atoms with E-state index >= 15 is 0 Å². The second-order valence-electron chi connectivity index (χ2n) is 28.2. The second-order valence-corrected chi connectivity index (χ2v) is 34.4. The topological polar surface area (TPSA) is 0 Å². The lowest BCUT2D eigenvalue weighted by atomic mass is 9.56. The molecule has 0 aromatic heterocycles. The first-order valence-electron chi connectivity index (χ1n) is 33.5. The standard InChI is InChI=1S/C67H120P2/c1-5-7-9-11-13-27-45-67(46-28-14-12-10-8-6-2)65-47-51(3)61(53-37-41-59(42-38-53)68(55-29-19-15-20-30-55)56-31-21-16-22-32-56)49-63(65)64-50-62(52(4)48-66(64)67)54-39-43-60(44-40-54)69(57-33-23-17-24-34-57)58-35-25-18-26-36-58/h51-66H,5-50H2,1-4H3. The van der Waals surface area contributed by atoms with Crippen molar-refractivity contribution in [3.63, 3.8) is 0 Å². The van der Waals surface area contributed by atoms with Gasteiger partial charge in [-0.25, -0.2) is 0 Å². The summed E-state index contributed by atoms with van der Waals surface area (Å²) in [6.45, 7) is 10.6. The molecule has 0 saturated heterocycles. The van der Waals surface area contributed by atoms with Crippen molar-refractivity contribution in [2.24, 2.45) is 64.6 Å². The maximum atomic E-state index is 2.87. The zero-order valence-electron chi connectivity index (χ0n) is 47.2. The Morgan fingerprint density at radius 2 is 0.594 bits per heavy atom. The van der Waals surface area contributed by atoms with Crippen LogP contribution in [0.4, 0.5) is 0 Å². The van der Waals surface area contributed by atoms with E-state index in [4.69, 9.17) is 0 Å². The summed E-state index contributed by atoms with van der Waals surface area (Å²) >= 11 is 0. The van der Waals surface area contributed by atoms with E-state index in [0.717, 1.165) is 93.1 Å². The first kappa shape index (κ1) is 54.6. The van der Waals surface area contributed by atoms with Crippen LogP contribution in [0.2, 0.25) is 0 Å². The molecule has 0 heterocycles. The Balaban J connectivity index is 0.923. The molecule has 0 aromatic rings. The Hall–Kier alpha value is 0.860. The lowest BCUT2D eigenvalue weighted by molar-refractivity contribution is 0.000291. The third-order valence-corrected chi connectivity index (χ3v) is 32.5. The predicted molar refractivity (Wildman–Crippen MR) is 309 cm³/mol. The van der Waals surface area contributed by atoms with Crippen LogP contribution < -0.4 is 0 Å². The van der Waals surface area contributed by atoms with Crippen molar-refractivity contribution in [2.75, 3.05) is 0 Å². The zero-order chi connectivity index (χ0) is 47.4. The van der Waals surface area contributed by atoms with E-state index in [0.29, 0.717) is 5.41 Å². The second kappa shape index (κ2) is 27.8. The van der Waals surface area contributed by atoms with Gasteiger partial charge in [-0.05, 0) is 240 Å². The lowest BCUT2D eigenvalue weighted by Gasteiger charge is -2.50. The summed E-state index contributed by atoms with van der Waals surface area (Å²) in [7, 11) is 0.506. The van der Waals surface area contributed by atoms with Gasteiger partial charge in [-0.1, -0.05) is 198 Å². The first-order chi connectivity index (χ1) is 34.0. The van der Waals surface area contributed by atoms with Gasteiger partial charge in [0.2, 0.25) is 0 Å². The molecule has 0 radical (unpaired) electrons. The van der Waals surface area contributed by atoms with Gasteiger partial charge < -0.3 is 0 Å². The minimum Gasteiger partial charge on any atom is -0.0971 e. The summed E-state index contributed by atoms with van der Waals surface area (Å²) in [4.78, 5) is 0. The molecule has 9 aliphatic rings. The van der Waals surface area contributed by atoms with Gasteiger partial charge in [0.25, 0.3) is 0 Å². The van der Waals surface area contributed by atoms with Crippen LogP contribution in [0.15, 0.2) is 0 Å². The van der Waals surface area contributed by atoms with Gasteiger partial charge in [-0.15, -0.1) is 0 Å². The smallest absolute Gasteiger partial charge is 0.0204 e. The van der Waals surface area contributed by atoms with Crippen molar-refractivity contribution in [3.8, 4) is 0 Å². The van der Waals surface area contributed by atoms with E-state index in [1.165, 1.54) is 64.2 Å². The van der Waals surface area contributed by atoms with Crippen molar-refractivity contribution in [2.45, 2.75) is 357 Å². The van der Waals surface area contributed by atoms with Crippen LogP contribution in [0.1, 0.15) is 323 Å². The molecule has 0 nitrogen and oxygen atoms in total. The summed E-state index contributed by atoms with van der Waals surface area (Å²) in [6.07, 6.45) is 72.6. The molecule has 8 unspecified atom stereocenters. The maximum Gasteiger partial charge on any atom is -0.0204 e. The average Bonchev–Trinajstić information content (AvgIpc) is 3.64. The van der Waals surface area contributed by atoms with Crippen LogP contribution in [-0.4, -0.2) is 34.0 Å². The summed E-state index contributed by atoms with van der Waals surface area (Å²) in [5, 5.41) is 0. The lowest BCUT2D eigenvalue weighted by Crippen LogP contribution is -2.41. The molecule has 9 saturated carbocycles. The zero-order valence-corrected chi connectivity index (χ0v) is 48.9. The monoisotopic (exact) mass is 987 g/mol. The van der Waals surface area contributed by atoms with Crippen LogP contribution in [0.25, 0.3) is 0 Å². The molecular formula is C67H120P2. The molecule has 0 aromatic carbocycles. The molecule has 398 valence electrons. The molecule has 69 heavy (non-hydrogen) atoms. The van der Waals surface area contributed by atoms with Crippen molar-refractivity contribution < 1.29 is 0 Å². The highest BCUT2D eigenvalue weighted by atomic mass is 31.1. The Morgan fingerprint density at radius 3 is 0.913 bits per heavy atom. The summed E-state index contributed by atoms with van der Waals surface area (Å²) < 4.78 is 0. The Kier molecular flexibility index (Phi) is 22.0. The van der Waals surface area contributed by atoms with Gasteiger partial charge in [-0.3, -0.25) is 0 Å². The van der Waals surface area contributed by atoms with Crippen molar-refractivity contribution in [1.29, 1.82) is 0 Å². The quantitative estimate of drug-likeness (QED) is 0.0749. The third-order valence-electron chi connectivity index (χ3n) is 24.4. The highest BCUT2D eigenvalue weighted by molar-refractivity contribution is 7.60. The van der Waals surface area contributed by atoms with Crippen LogP contribution in [-0.2, 0) is 0 Å². The van der Waals surface area contributed by atoms with E-state index in [-0.39, 0.29) is 15.8 Å². The molecule has 0 bridgehead atoms. The molecule has 8 atom stereocenters. The Morgan fingerprint density at radius 1 is 0.304 bits per heavy atom. The van der Waals surface area contributed by atoms with Crippen molar-refractivity contribution in [1.82, 2.24) is 0 Å². The number of fused-ring (bicyclic) bond motifs is 3. The van der Waals surface area contributed by atoms with Gasteiger partial charge in [0.15, 0.2) is 0 Å². The minimum absolute atomic E-state index is 0.253. The molecule has 9 fully saturated rings. The fourth-order valence-corrected chi connectivity index (χ4v) is 30.3. The highest BCUT2D eigenvalue weighted by Crippen LogP contribution is 2.72. The van der Waals surface area contributed by atoms with Gasteiger partial charge in [0.1, 0.15) is 0 Å². The van der Waals surface area contributed by atoms with E-state index in [2.05, 4.69) is 27.7 Å². The van der Waals surface area contributed by atoms with Gasteiger partial charge in [-0.2, -0.15) is 0 Å². The SMILES string of the molecule is CCCCCCCCC1(CCCCCCCC)C2CC(C)C(C3CCC(P(C4CCCCC4)C4CCCCC4)CC3)CC2C2CC(C3CCC(P(C4CCCCC4)C4CCCCC4)CC3)C(C)CC21. The van der Waals surface area contributed by atoms with Gasteiger partial charge >= 0.3 is 0 Å². The Labute approximate surface area is 435 Å². The van der Waals surface area contributed by atoms with E-state index in [1.807, 2.05) is 0 Å². The van der Waals surface area contributed by atoms with E-state index in [9.17, 15) is 0 Å². The van der Waals surface area contributed by atoms with Crippen molar-refractivity contribution in [3.05, 3.63) is 0 Å². The molecule has 9 rings (SSSR count). The minimum atomic E-state index is 0.253. The molecule has 2 heteroatoms.